The number of halogens is 1. The average molecular weight is 395 g/mol. The van der Waals surface area contributed by atoms with E-state index in [1.165, 1.54) is 30.0 Å². The highest BCUT2D eigenvalue weighted by Crippen LogP contribution is 2.27. The van der Waals surface area contributed by atoms with Gasteiger partial charge in [-0.25, -0.2) is 0 Å². The summed E-state index contributed by atoms with van der Waals surface area (Å²) in [6, 6.07) is 13.1. The van der Waals surface area contributed by atoms with Crippen LogP contribution in [0.25, 0.3) is 0 Å². The van der Waals surface area contributed by atoms with Crippen molar-refractivity contribution in [1.29, 1.82) is 0 Å². The van der Waals surface area contributed by atoms with E-state index in [1.807, 2.05) is 30.3 Å². The molecule has 0 bridgehead atoms. The number of esters is 1. The van der Waals surface area contributed by atoms with Crippen LogP contribution in [0, 0.1) is 10.1 Å². The van der Waals surface area contributed by atoms with Gasteiger partial charge in [-0.3, -0.25) is 19.7 Å². The third-order valence-corrected chi connectivity index (χ3v) is 4.49. The van der Waals surface area contributed by atoms with Gasteiger partial charge in [-0.15, -0.1) is 11.8 Å². The van der Waals surface area contributed by atoms with Crippen LogP contribution in [0.15, 0.2) is 53.4 Å². The Bertz CT molecular complexity index is 816. The SMILES string of the molecule is C[C@H](Sc1ccccc1)C(=O)OCC(=O)Nc1cc(Cl)ccc1[N+](=O)[O-]. The van der Waals surface area contributed by atoms with Crippen LogP contribution in [-0.4, -0.2) is 28.7 Å². The van der Waals surface area contributed by atoms with Gasteiger partial charge in [-0.2, -0.15) is 0 Å². The van der Waals surface area contributed by atoms with Crippen LogP contribution >= 0.6 is 23.4 Å². The smallest absolute Gasteiger partial charge is 0.319 e. The number of thioether (sulfide) groups is 1. The van der Waals surface area contributed by atoms with Crippen molar-refractivity contribution in [1.82, 2.24) is 0 Å². The summed E-state index contributed by atoms with van der Waals surface area (Å²) in [7, 11) is 0. The summed E-state index contributed by atoms with van der Waals surface area (Å²) >= 11 is 7.09. The molecule has 0 aliphatic heterocycles. The van der Waals surface area contributed by atoms with Crippen LogP contribution < -0.4 is 5.32 Å². The summed E-state index contributed by atoms with van der Waals surface area (Å²) in [5.41, 5.74) is -0.364. The number of amides is 1. The molecule has 0 spiro atoms. The van der Waals surface area contributed by atoms with Gasteiger partial charge < -0.3 is 10.1 Å². The molecule has 1 amide bonds. The Labute approximate surface area is 158 Å². The van der Waals surface area contributed by atoms with Crippen molar-refractivity contribution in [2.24, 2.45) is 0 Å². The van der Waals surface area contributed by atoms with E-state index in [0.717, 1.165) is 4.90 Å². The first kappa shape index (κ1) is 19.7. The molecule has 0 saturated heterocycles. The minimum absolute atomic E-state index is 0.0599. The van der Waals surface area contributed by atoms with Gasteiger partial charge in [0.15, 0.2) is 6.61 Å². The van der Waals surface area contributed by atoms with E-state index in [0.29, 0.717) is 0 Å². The van der Waals surface area contributed by atoms with Crippen molar-refractivity contribution in [3.63, 3.8) is 0 Å². The molecule has 9 heteroatoms. The van der Waals surface area contributed by atoms with Crippen molar-refractivity contribution < 1.29 is 19.2 Å². The third kappa shape index (κ3) is 5.75. The fourth-order valence-corrected chi connectivity index (χ4v) is 3.02. The molecule has 0 radical (unpaired) electrons. The van der Waals surface area contributed by atoms with Crippen molar-refractivity contribution >= 4 is 46.6 Å². The number of ether oxygens (including phenoxy) is 1. The predicted molar refractivity (Wildman–Crippen MR) is 99.5 cm³/mol. The summed E-state index contributed by atoms with van der Waals surface area (Å²) < 4.78 is 4.97. The molecule has 1 N–H and O–H groups in total. The summed E-state index contributed by atoms with van der Waals surface area (Å²) in [5.74, 6) is -1.25. The number of nitrogens with zero attached hydrogens (tertiary/aromatic N) is 1. The molecule has 0 saturated carbocycles. The van der Waals surface area contributed by atoms with E-state index < -0.39 is 28.7 Å². The van der Waals surface area contributed by atoms with Gasteiger partial charge >= 0.3 is 5.97 Å². The summed E-state index contributed by atoms with van der Waals surface area (Å²) in [4.78, 5) is 35.1. The van der Waals surface area contributed by atoms with Gasteiger partial charge in [0, 0.05) is 16.0 Å². The Morgan fingerprint density at radius 2 is 1.96 bits per heavy atom. The number of hydrogen-bond acceptors (Lipinski definition) is 6. The molecule has 0 aromatic heterocycles. The summed E-state index contributed by atoms with van der Waals surface area (Å²) in [5, 5.41) is 13.0. The minimum Gasteiger partial charge on any atom is -0.455 e. The molecule has 7 nitrogen and oxygen atoms in total. The van der Waals surface area contributed by atoms with Gasteiger partial charge in [0.1, 0.15) is 10.9 Å². The maximum absolute atomic E-state index is 12.0. The van der Waals surface area contributed by atoms with Crippen molar-refractivity contribution in [2.75, 3.05) is 11.9 Å². The number of nitrogens with one attached hydrogen (secondary N) is 1. The lowest BCUT2D eigenvalue weighted by molar-refractivity contribution is -0.383. The van der Waals surface area contributed by atoms with Crippen molar-refractivity contribution in [2.45, 2.75) is 17.1 Å². The molecule has 2 aromatic carbocycles. The van der Waals surface area contributed by atoms with Gasteiger partial charge in [-0.05, 0) is 31.2 Å². The number of nitro benzene ring substituents is 1. The Morgan fingerprint density at radius 1 is 1.27 bits per heavy atom. The molecule has 2 rings (SSSR count). The molecule has 26 heavy (non-hydrogen) atoms. The molecule has 0 unspecified atom stereocenters. The van der Waals surface area contributed by atoms with E-state index in [4.69, 9.17) is 16.3 Å². The zero-order chi connectivity index (χ0) is 19.1. The van der Waals surface area contributed by atoms with E-state index >= 15 is 0 Å². The average Bonchev–Trinajstić information content (AvgIpc) is 2.60. The molecule has 0 aliphatic rings. The Morgan fingerprint density at radius 3 is 2.62 bits per heavy atom. The van der Waals surface area contributed by atoms with Gasteiger partial charge in [0.2, 0.25) is 0 Å². The van der Waals surface area contributed by atoms with Crippen LogP contribution in [0.1, 0.15) is 6.92 Å². The van der Waals surface area contributed by atoms with E-state index in [-0.39, 0.29) is 16.4 Å². The lowest BCUT2D eigenvalue weighted by Gasteiger charge is -2.11. The number of anilines is 1. The molecule has 2 aromatic rings. The zero-order valence-electron chi connectivity index (χ0n) is 13.7. The van der Waals surface area contributed by atoms with Crippen LogP contribution in [0.4, 0.5) is 11.4 Å². The Balaban J connectivity index is 1.89. The highest BCUT2D eigenvalue weighted by atomic mass is 35.5. The van der Waals surface area contributed by atoms with Crippen LogP contribution in [-0.2, 0) is 14.3 Å². The number of hydrogen-bond donors (Lipinski definition) is 1. The van der Waals surface area contributed by atoms with Gasteiger partial charge in [0.25, 0.3) is 11.6 Å². The summed E-state index contributed by atoms with van der Waals surface area (Å²) in [6.45, 7) is 1.11. The van der Waals surface area contributed by atoms with E-state index in [2.05, 4.69) is 5.32 Å². The number of rotatable bonds is 7. The first-order chi connectivity index (χ1) is 12.4. The number of benzene rings is 2. The van der Waals surface area contributed by atoms with E-state index in [1.54, 1.807) is 6.92 Å². The molecule has 136 valence electrons. The lowest BCUT2D eigenvalue weighted by atomic mass is 10.2. The first-order valence-electron chi connectivity index (χ1n) is 7.49. The maximum atomic E-state index is 12.0. The topological polar surface area (TPSA) is 98.5 Å². The zero-order valence-corrected chi connectivity index (χ0v) is 15.3. The molecular weight excluding hydrogens is 380 g/mol. The highest BCUT2D eigenvalue weighted by molar-refractivity contribution is 8.00. The quantitative estimate of drug-likeness (QED) is 0.331. The second-order valence-corrected chi connectivity index (χ2v) is 7.00. The lowest BCUT2D eigenvalue weighted by Crippen LogP contribution is -2.25. The van der Waals surface area contributed by atoms with Crippen LogP contribution in [0.5, 0.6) is 0 Å². The minimum atomic E-state index is -0.694. The fraction of sp³-hybridized carbons (Fsp3) is 0.176. The van der Waals surface area contributed by atoms with Crippen LogP contribution in [0.2, 0.25) is 5.02 Å². The predicted octanol–water partition coefficient (Wildman–Crippen LogP) is 3.91. The second kappa shape index (κ2) is 9.21. The largest absolute Gasteiger partial charge is 0.455 e. The molecular formula is C17H15ClN2O5S. The summed E-state index contributed by atoms with van der Waals surface area (Å²) in [6.07, 6.45) is 0. The molecule has 0 aliphatic carbocycles. The van der Waals surface area contributed by atoms with Crippen LogP contribution in [0.3, 0.4) is 0 Å². The van der Waals surface area contributed by atoms with Gasteiger partial charge in [-0.1, -0.05) is 29.8 Å². The normalized spacial score (nSPS) is 11.5. The van der Waals surface area contributed by atoms with E-state index in [9.17, 15) is 19.7 Å². The molecule has 0 fully saturated rings. The Kier molecular flexibility index (Phi) is 6.99. The number of carbonyl (C=O) groups is 2. The third-order valence-electron chi connectivity index (χ3n) is 3.16. The fourth-order valence-electron chi connectivity index (χ4n) is 1.96. The second-order valence-electron chi connectivity index (χ2n) is 5.15. The molecule has 1 atom stereocenters. The van der Waals surface area contributed by atoms with Gasteiger partial charge in [0.05, 0.1) is 4.92 Å². The highest BCUT2D eigenvalue weighted by Gasteiger charge is 2.19. The monoisotopic (exact) mass is 394 g/mol. The number of nitro groups is 1. The number of carbonyl (C=O) groups excluding carboxylic acids is 2. The first-order valence-corrected chi connectivity index (χ1v) is 8.74. The standard InChI is InChI=1S/C17H15ClN2O5S/c1-11(26-13-5-3-2-4-6-13)17(22)25-10-16(21)19-14-9-12(18)7-8-15(14)20(23)24/h2-9,11H,10H2,1H3,(H,19,21)/t11-/m0/s1. The maximum Gasteiger partial charge on any atom is 0.319 e. The molecule has 0 heterocycles. The van der Waals surface area contributed by atoms with Crippen molar-refractivity contribution in [3.05, 3.63) is 63.7 Å². The Hall–Kier alpha value is -2.58. The van der Waals surface area contributed by atoms with Crippen molar-refractivity contribution in [3.8, 4) is 0 Å².